The van der Waals surface area contributed by atoms with E-state index >= 15 is 0 Å². The van der Waals surface area contributed by atoms with Crippen LogP contribution in [0.15, 0.2) is 27.8 Å². The SMILES string of the molecule is CCCCNC(=NCC(C)(O)CN(C)C)NCCc1ccco1.I. The van der Waals surface area contributed by atoms with Crippen LogP contribution in [0.2, 0.25) is 0 Å². The lowest BCUT2D eigenvalue weighted by Crippen LogP contribution is -2.43. The smallest absolute Gasteiger partial charge is 0.191 e. The lowest BCUT2D eigenvalue weighted by Gasteiger charge is -2.25. The number of nitrogens with one attached hydrogen (secondary N) is 2. The number of furan rings is 1. The van der Waals surface area contributed by atoms with E-state index in [2.05, 4.69) is 22.5 Å². The van der Waals surface area contributed by atoms with Crippen molar-refractivity contribution in [1.82, 2.24) is 15.5 Å². The molecule has 1 aromatic rings. The van der Waals surface area contributed by atoms with Crippen molar-refractivity contribution in [2.24, 2.45) is 4.99 Å². The van der Waals surface area contributed by atoms with Crippen LogP contribution in [0.1, 0.15) is 32.4 Å². The van der Waals surface area contributed by atoms with Crippen LogP contribution < -0.4 is 10.6 Å². The van der Waals surface area contributed by atoms with Gasteiger partial charge in [-0.05, 0) is 39.6 Å². The first-order valence-corrected chi connectivity index (χ1v) is 8.34. The van der Waals surface area contributed by atoms with Crippen molar-refractivity contribution < 1.29 is 9.52 Å². The second-order valence-electron chi connectivity index (χ2n) is 6.44. The monoisotopic (exact) mass is 452 g/mol. The molecule has 0 aliphatic rings. The summed E-state index contributed by atoms with van der Waals surface area (Å²) in [7, 11) is 3.89. The first-order chi connectivity index (χ1) is 10.9. The van der Waals surface area contributed by atoms with Gasteiger partial charge in [0.25, 0.3) is 0 Å². The molecular weight excluding hydrogens is 419 g/mol. The summed E-state index contributed by atoms with van der Waals surface area (Å²) in [6.45, 7) is 6.51. The predicted octanol–water partition coefficient (Wildman–Crippen LogP) is 2.09. The van der Waals surface area contributed by atoms with Gasteiger partial charge in [0.2, 0.25) is 0 Å². The van der Waals surface area contributed by atoms with Crippen LogP contribution in [-0.2, 0) is 6.42 Å². The van der Waals surface area contributed by atoms with E-state index in [1.807, 2.05) is 38.1 Å². The standard InChI is InChI=1S/C17H32N4O2.HI/c1-5-6-10-18-16(19-11-9-15-8-7-12-23-15)20-13-17(2,22)14-21(3)4;/h7-8,12,22H,5-6,9-11,13-14H2,1-4H3,(H2,18,19,20);1H. The van der Waals surface area contributed by atoms with Crippen molar-refractivity contribution in [3.63, 3.8) is 0 Å². The van der Waals surface area contributed by atoms with E-state index in [9.17, 15) is 5.11 Å². The maximum atomic E-state index is 10.4. The summed E-state index contributed by atoms with van der Waals surface area (Å²) in [6.07, 6.45) is 4.70. The maximum absolute atomic E-state index is 10.4. The second kappa shape index (κ2) is 12.5. The molecule has 0 radical (unpaired) electrons. The van der Waals surface area contributed by atoms with Crippen molar-refractivity contribution in [3.8, 4) is 0 Å². The number of guanidine groups is 1. The van der Waals surface area contributed by atoms with Crippen molar-refractivity contribution in [1.29, 1.82) is 0 Å². The highest BCUT2D eigenvalue weighted by atomic mass is 127. The second-order valence-corrected chi connectivity index (χ2v) is 6.44. The molecule has 0 bridgehead atoms. The first-order valence-electron chi connectivity index (χ1n) is 8.34. The van der Waals surface area contributed by atoms with E-state index in [1.165, 1.54) is 0 Å². The number of nitrogens with zero attached hydrogens (tertiary/aromatic N) is 2. The Hall–Kier alpha value is -0.800. The molecule has 0 fully saturated rings. The number of aliphatic imine (C=N–C) groups is 1. The molecular formula is C17H33IN4O2. The van der Waals surface area contributed by atoms with Crippen molar-refractivity contribution >= 4 is 29.9 Å². The van der Waals surface area contributed by atoms with Crippen molar-refractivity contribution in [3.05, 3.63) is 24.2 Å². The molecule has 140 valence electrons. The van der Waals surface area contributed by atoms with E-state index in [0.717, 1.165) is 44.1 Å². The molecule has 0 aliphatic heterocycles. The zero-order chi connectivity index (χ0) is 17.1. The number of likely N-dealkylation sites (N-methyl/N-ethyl adjacent to an activating group) is 1. The predicted molar refractivity (Wildman–Crippen MR) is 110 cm³/mol. The fraction of sp³-hybridized carbons (Fsp3) is 0.706. The molecule has 1 rings (SSSR count). The molecule has 0 saturated carbocycles. The van der Waals surface area contributed by atoms with Gasteiger partial charge in [0.1, 0.15) is 5.76 Å². The third-order valence-electron chi connectivity index (χ3n) is 3.30. The molecule has 24 heavy (non-hydrogen) atoms. The Balaban J connectivity index is 0.00000529. The molecule has 3 N–H and O–H groups in total. The molecule has 6 nitrogen and oxygen atoms in total. The fourth-order valence-corrected chi connectivity index (χ4v) is 2.30. The lowest BCUT2D eigenvalue weighted by molar-refractivity contribution is 0.0423. The molecule has 0 aromatic carbocycles. The van der Waals surface area contributed by atoms with Gasteiger partial charge in [-0.2, -0.15) is 0 Å². The molecule has 1 heterocycles. The first kappa shape index (κ1) is 23.2. The molecule has 7 heteroatoms. The van der Waals surface area contributed by atoms with Gasteiger partial charge in [-0.3, -0.25) is 4.99 Å². The summed E-state index contributed by atoms with van der Waals surface area (Å²) in [4.78, 5) is 6.49. The molecule has 0 amide bonds. The summed E-state index contributed by atoms with van der Waals surface area (Å²) < 4.78 is 5.33. The lowest BCUT2D eigenvalue weighted by atomic mass is 10.1. The molecule has 0 saturated heterocycles. The Bertz CT molecular complexity index is 447. The van der Waals surface area contributed by atoms with Crippen LogP contribution >= 0.6 is 24.0 Å². The van der Waals surface area contributed by atoms with E-state index in [0.29, 0.717) is 13.1 Å². The summed E-state index contributed by atoms with van der Waals surface area (Å²) in [6, 6.07) is 3.85. The van der Waals surface area contributed by atoms with Crippen molar-refractivity contribution in [2.45, 2.75) is 38.7 Å². The average molecular weight is 452 g/mol. The van der Waals surface area contributed by atoms with Crippen LogP contribution in [0.5, 0.6) is 0 Å². The minimum atomic E-state index is -0.843. The molecule has 1 unspecified atom stereocenters. The van der Waals surface area contributed by atoms with Gasteiger partial charge in [0.15, 0.2) is 5.96 Å². The van der Waals surface area contributed by atoms with E-state index in [-0.39, 0.29) is 24.0 Å². The van der Waals surface area contributed by atoms with Gasteiger partial charge >= 0.3 is 0 Å². The summed E-state index contributed by atoms with van der Waals surface area (Å²) in [5, 5.41) is 17.0. The van der Waals surface area contributed by atoms with E-state index in [1.54, 1.807) is 6.26 Å². The van der Waals surface area contributed by atoms with Gasteiger partial charge in [-0.15, -0.1) is 24.0 Å². The molecule has 1 atom stereocenters. The molecule has 0 aliphatic carbocycles. The Labute approximate surface area is 163 Å². The van der Waals surface area contributed by atoms with Gasteiger partial charge in [-0.25, -0.2) is 0 Å². The highest BCUT2D eigenvalue weighted by Gasteiger charge is 2.21. The third-order valence-corrected chi connectivity index (χ3v) is 3.30. The van der Waals surface area contributed by atoms with E-state index < -0.39 is 5.60 Å². The Morgan fingerprint density at radius 3 is 2.62 bits per heavy atom. The largest absolute Gasteiger partial charge is 0.469 e. The van der Waals surface area contributed by atoms with Gasteiger partial charge in [0.05, 0.1) is 18.4 Å². The number of unbranched alkanes of at least 4 members (excludes halogenated alkanes) is 1. The average Bonchev–Trinajstić information content (AvgIpc) is 2.96. The van der Waals surface area contributed by atoms with Gasteiger partial charge in [-0.1, -0.05) is 13.3 Å². The van der Waals surface area contributed by atoms with Crippen LogP contribution in [0.3, 0.4) is 0 Å². The maximum Gasteiger partial charge on any atom is 0.191 e. The van der Waals surface area contributed by atoms with Crippen LogP contribution in [-0.4, -0.2) is 61.8 Å². The molecule has 0 spiro atoms. The molecule has 1 aromatic heterocycles. The van der Waals surface area contributed by atoms with Crippen LogP contribution in [0.4, 0.5) is 0 Å². The number of aliphatic hydroxyl groups is 1. The minimum absolute atomic E-state index is 0. The summed E-state index contributed by atoms with van der Waals surface area (Å²) in [5.41, 5.74) is -0.843. The van der Waals surface area contributed by atoms with Gasteiger partial charge in [0, 0.05) is 26.1 Å². The normalized spacial score (nSPS) is 14.2. The Kier molecular flexibility index (Phi) is 12.1. The fourth-order valence-electron chi connectivity index (χ4n) is 2.30. The zero-order valence-electron chi connectivity index (χ0n) is 15.3. The highest BCUT2D eigenvalue weighted by Crippen LogP contribution is 2.05. The van der Waals surface area contributed by atoms with Gasteiger partial charge < -0.3 is 25.1 Å². The van der Waals surface area contributed by atoms with Crippen molar-refractivity contribution in [2.75, 3.05) is 40.3 Å². The third kappa shape index (κ3) is 10.9. The number of hydrogen-bond donors (Lipinski definition) is 3. The Morgan fingerprint density at radius 2 is 2.04 bits per heavy atom. The topological polar surface area (TPSA) is 73.0 Å². The number of halogens is 1. The zero-order valence-corrected chi connectivity index (χ0v) is 17.7. The highest BCUT2D eigenvalue weighted by molar-refractivity contribution is 14.0. The van der Waals surface area contributed by atoms with Crippen LogP contribution in [0.25, 0.3) is 0 Å². The Morgan fingerprint density at radius 1 is 1.33 bits per heavy atom. The summed E-state index contributed by atoms with van der Waals surface area (Å²) in [5.74, 6) is 1.69. The van der Waals surface area contributed by atoms with Crippen LogP contribution in [0, 0.1) is 0 Å². The quantitative estimate of drug-likeness (QED) is 0.220. The minimum Gasteiger partial charge on any atom is -0.469 e. The number of rotatable bonds is 10. The number of hydrogen-bond acceptors (Lipinski definition) is 4. The van der Waals surface area contributed by atoms with E-state index in [4.69, 9.17) is 4.42 Å². The summed E-state index contributed by atoms with van der Waals surface area (Å²) >= 11 is 0.